The molecule has 1 atom stereocenters. The highest BCUT2D eigenvalue weighted by molar-refractivity contribution is 6.32. The highest BCUT2D eigenvalue weighted by atomic mass is 35.5. The molecule has 0 aliphatic carbocycles. The Morgan fingerprint density at radius 1 is 1.12 bits per heavy atom. The van der Waals surface area contributed by atoms with Crippen molar-refractivity contribution in [1.82, 2.24) is 10.6 Å². The maximum Gasteiger partial charge on any atom is 0.315 e. The van der Waals surface area contributed by atoms with Crippen LogP contribution in [0.2, 0.25) is 5.02 Å². The average Bonchev–Trinajstić information content (AvgIpc) is 2.60. The molecule has 3 N–H and O–H groups in total. The summed E-state index contributed by atoms with van der Waals surface area (Å²) in [4.78, 5) is 11.9. The molecule has 2 rings (SSSR count). The zero-order valence-electron chi connectivity index (χ0n) is 13.5. The largest absolute Gasteiger partial charge is 0.487 e. The quantitative estimate of drug-likeness (QED) is 0.720. The fraction of sp³-hybridized carbons (Fsp3) is 0.278. The molecule has 128 valence electrons. The number of hydrogen-bond donors (Lipinski definition) is 3. The Labute approximate surface area is 146 Å². The molecule has 2 aromatic rings. The third-order valence-electron chi connectivity index (χ3n) is 3.44. The molecule has 5 nitrogen and oxygen atoms in total. The van der Waals surface area contributed by atoms with Crippen LogP contribution < -0.4 is 15.4 Å². The molecule has 6 heteroatoms. The van der Waals surface area contributed by atoms with Crippen molar-refractivity contribution >= 4 is 17.6 Å². The number of halogens is 1. The number of hydrogen-bond acceptors (Lipinski definition) is 3. The van der Waals surface area contributed by atoms with Gasteiger partial charge in [-0.1, -0.05) is 48.0 Å². The summed E-state index contributed by atoms with van der Waals surface area (Å²) in [5.74, 6) is 0.589. The van der Waals surface area contributed by atoms with E-state index in [4.69, 9.17) is 16.3 Å². The minimum Gasteiger partial charge on any atom is -0.487 e. The van der Waals surface area contributed by atoms with Gasteiger partial charge in [-0.2, -0.15) is 0 Å². The van der Waals surface area contributed by atoms with E-state index in [-0.39, 0.29) is 18.7 Å². The van der Waals surface area contributed by atoms with Gasteiger partial charge in [-0.05, 0) is 30.2 Å². The van der Waals surface area contributed by atoms with E-state index in [2.05, 4.69) is 10.6 Å². The lowest BCUT2D eigenvalue weighted by Gasteiger charge is -2.17. The Morgan fingerprint density at radius 3 is 2.50 bits per heavy atom. The van der Waals surface area contributed by atoms with E-state index >= 15 is 0 Å². The number of amides is 2. The van der Waals surface area contributed by atoms with Crippen LogP contribution in [0.3, 0.4) is 0 Å². The van der Waals surface area contributed by atoms with Crippen molar-refractivity contribution in [3.63, 3.8) is 0 Å². The van der Waals surface area contributed by atoms with Crippen molar-refractivity contribution in [3.8, 4) is 5.75 Å². The van der Waals surface area contributed by atoms with Crippen LogP contribution in [0.1, 0.15) is 18.1 Å². The second-order valence-corrected chi connectivity index (χ2v) is 5.76. The highest BCUT2D eigenvalue weighted by Crippen LogP contribution is 2.23. The molecular formula is C18H21ClN2O3. The van der Waals surface area contributed by atoms with Gasteiger partial charge in [0.05, 0.1) is 18.2 Å². The van der Waals surface area contributed by atoms with E-state index in [0.717, 1.165) is 11.1 Å². The molecule has 0 saturated heterocycles. The monoisotopic (exact) mass is 348 g/mol. The minimum absolute atomic E-state index is 0.0534. The summed E-state index contributed by atoms with van der Waals surface area (Å²) in [5.41, 5.74) is 1.68. The zero-order chi connectivity index (χ0) is 17.4. The van der Waals surface area contributed by atoms with E-state index in [1.165, 1.54) is 0 Å². The first-order valence-corrected chi connectivity index (χ1v) is 8.08. The predicted octanol–water partition coefficient (Wildman–Crippen LogP) is 3.10. The Kier molecular flexibility index (Phi) is 6.90. The molecule has 0 aliphatic rings. The van der Waals surface area contributed by atoms with Crippen LogP contribution in [0.25, 0.3) is 0 Å². The van der Waals surface area contributed by atoms with Crippen LogP contribution in [0.4, 0.5) is 4.79 Å². The van der Waals surface area contributed by atoms with E-state index in [1.54, 1.807) is 12.1 Å². The van der Waals surface area contributed by atoms with Gasteiger partial charge < -0.3 is 20.5 Å². The SMILES string of the molecule is CC(CNC(=O)NCc1ccccc1CO)Oc1ccccc1Cl. The maximum atomic E-state index is 11.9. The van der Waals surface area contributed by atoms with Gasteiger partial charge in [0.15, 0.2) is 0 Å². The summed E-state index contributed by atoms with van der Waals surface area (Å²) in [6.45, 7) is 2.49. The molecule has 0 aromatic heterocycles. The third-order valence-corrected chi connectivity index (χ3v) is 3.76. The molecule has 0 radical (unpaired) electrons. The first kappa shape index (κ1) is 18.1. The number of carbonyl (C=O) groups excluding carboxylic acids is 1. The fourth-order valence-corrected chi connectivity index (χ4v) is 2.34. The molecule has 0 aliphatic heterocycles. The van der Waals surface area contributed by atoms with Gasteiger partial charge in [-0.25, -0.2) is 4.79 Å². The van der Waals surface area contributed by atoms with Gasteiger partial charge in [0, 0.05) is 6.54 Å². The molecule has 0 spiro atoms. The first-order chi connectivity index (χ1) is 11.6. The number of urea groups is 1. The maximum absolute atomic E-state index is 11.9. The van der Waals surface area contributed by atoms with Gasteiger partial charge in [0.2, 0.25) is 0 Å². The summed E-state index contributed by atoms with van der Waals surface area (Å²) in [5, 5.41) is 15.3. The molecule has 24 heavy (non-hydrogen) atoms. The molecule has 2 aromatic carbocycles. The summed E-state index contributed by atoms with van der Waals surface area (Å²) in [6, 6.07) is 14.3. The van der Waals surface area contributed by atoms with Gasteiger partial charge in [-0.3, -0.25) is 0 Å². The lowest BCUT2D eigenvalue weighted by molar-refractivity contribution is 0.207. The number of benzene rings is 2. The summed E-state index contributed by atoms with van der Waals surface area (Å²) in [6.07, 6.45) is -0.222. The Bertz CT molecular complexity index is 679. The Balaban J connectivity index is 1.75. The number of ether oxygens (including phenoxy) is 1. The Morgan fingerprint density at radius 2 is 1.79 bits per heavy atom. The van der Waals surface area contributed by atoms with Crippen molar-refractivity contribution in [2.24, 2.45) is 0 Å². The molecule has 2 amide bonds. The van der Waals surface area contributed by atoms with E-state index in [9.17, 15) is 9.90 Å². The molecule has 1 unspecified atom stereocenters. The molecule has 0 heterocycles. The summed E-state index contributed by atoms with van der Waals surface area (Å²) in [7, 11) is 0. The van der Waals surface area contributed by atoms with Crippen LogP contribution in [-0.4, -0.2) is 23.8 Å². The lowest BCUT2D eigenvalue weighted by Crippen LogP contribution is -2.40. The van der Waals surface area contributed by atoms with Gasteiger partial charge >= 0.3 is 6.03 Å². The number of nitrogens with one attached hydrogen (secondary N) is 2. The lowest BCUT2D eigenvalue weighted by atomic mass is 10.1. The topological polar surface area (TPSA) is 70.6 Å². The van der Waals surface area contributed by atoms with Gasteiger partial charge in [-0.15, -0.1) is 0 Å². The van der Waals surface area contributed by atoms with E-state index < -0.39 is 0 Å². The van der Waals surface area contributed by atoms with Crippen LogP contribution in [0.5, 0.6) is 5.75 Å². The fourth-order valence-electron chi connectivity index (χ4n) is 2.16. The molecule has 0 fully saturated rings. The van der Waals surface area contributed by atoms with Crippen molar-refractivity contribution < 1.29 is 14.6 Å². The van der Waals surface area contributed by atoms with Crippen molar-refractivity contribution in [2.45, 2.75) is 26.2 Å². The van der Waals surface area contributed by atoms with Crippen LogP contribution in [0.15, 0.2) is 48.5 Å². The number of aliphatic hydroxyl groups excluding tert-OH is 1. The molecular weight excluding hydrogens is 328 g/mol. The smallest absolute Gasteiger partial charge is 0.315 e. The van der Waals surface area contributed by atoms with Crippen molar-refractivity contribution in [1.29, 1.82) is 0 Å². The summed E-state index contributed by atoms with van der Waals surface area (Å²) < 4.78 is 5.69. The number of para-hydroxylation sites is 1. The first-order valence-electron chi connectivity index (χ1n) is 7.70. The van der Waals surface area contributed by atoms with E-state index in [1.807, 2.05) is 43.3 Å². The molecule has 0 bridgehead atoms. The highest BCUT2D eigenvalue weighted by Gasteiger charge is 2.09. The predicted molar refractivity (Wildman–Crippen MR) is 94.1 cm³/mol. The third kappa shape index (κ3) is 5.44. The van der Waals surface area contributed by atoms with Crippen LogP contribution in [-0.2, 0) is 13.2 Å². The standard InChI is InChI=1S/C18H21ClN2O3/c1-13(24-17-9-5-4-8-16(17)19)10-20-18(23)21-11-14-6-2-3-7-15(14)12-22/h2-9,13,22H,10-12H2,1H3,(H2,20,21,23). The van der Waals surface area contributed by atoms with Crippen LogP contribution in [0, 0.1) is 0 Å². The molecule has 0 saturated carbocycles. The average molecular weight is 349 g/mol. The van der Waals surface area contributed by atoms with Gasteiger partial charge in [0.25, 0.3) is 0 Å². The minimum atomic E-state index is -0.294. The summed E-state index contributed by atoms with van der Waals surface area (Å²) >= 11 is 6.03. The van der Waals surface area contributed by atoms with E-state index in [0.29, 0.717) is 23.9 Å². The van der Waals surface area contributed by atoms with Crippen molar-refractivity contribution in [3.05, 3.63) is 64.7 Å². The normalized spacial score (nSPS) is 11.6. The second-order valence-electron chi connectivity index (χ2n) is 5.35. The number of aliphatic hydroxyl groups is 1. The number of rotatable bonds is 7. The Hall–Kier alpha value is -2.24. The van der Waals surface area contributed by atoms with Crippen LogP contribution >= 0.6 is 11.6 Å². The van der Waals surface area contributed by atoms with Crippen molar-refractivity contribution in [2.75, 3.05) is 6.54 Å². The number of carbonyl (C=O) groups is 1. The second kappa shape index (κ2) is 9.15. The van der Waals surface area contributed by atoms with Gasteiger partial charge in [0.1, 0.15) is 11.9 Å². The zero-order valence-corrected chi connectivity index (χ0v) is 14.2.